The average Bonchev–Trinajstić information content (AvgIpc) is 3.25. The standard InChI is InChI=1S/C15H18ClNO4/c1-9(14(18)17-12-5-6-12)21-15(19)10(2)20-13-7-3-11(16)4-8-13/h3-4,7-10,12H,5-6H2,1-2H3,(H,17,18)/t9-,10-/m1/s1. The third-order valence-electron chi connectivity index (χ3n) is 3.04. The molecule has 0 aromatic heterocycles. The molecule has 1 fully saturated rings. The number of carbonyl (C=O) groups excluding carboxylic acids is 2. The van der Waals surface area contributed by atoms with E-state index in [1.165, 1.54) is 0 Å². The second kappa shape index (κ2) is 6.80. The minimum absolute atomic E-state index is 0.237. The first-order valence-corrected chi connectivity index (χ1v) is 7.26. The largest absolute Gasteiger partial charge is 0.479 e. The maximum atomic E-state index is 11.9. The van der Waals surface area contributed by atoms with E-state index < -0.39 is 18.2 Å². The van der Waals surface area contributed by atoms with Crippen LogP contribution in [0.3, 0.4) is 0 Å². The molecule has 1 aliphatic carbocycles. The molecule has 2 rings (SSSR count). The third kappa shape index (κ3) is 4.93. The van der Waals surface area contributed by atoms with Crippen LogP contribution >= 0.6 is 11.6 Å². The van der Waals surface area contributed by atoms with Crippen molar-refractivity contribution in [3.63, 3.8) is 0 Å². The van der Waals surface area contributed by atoms with Gasteiger partial charge in [0.2, 0.25) is 0 Å². The van der Waals surface area contributed by atoms with Crippen LogP contribution in [-0.4, -0.2) is 30.1 Å². The van der Waals surface area contributed by atoms with Gasteiger partial charge in [0, 0.05) is 11.1 Å². The Morgan fingerprint density at radius 3 is 2.38 bits per heavy atom. The topological polar surface area (TPSA) is 64.6 Å². The maximum absolute atomic E-state index is 11.9. The molecular formula is C15H18ClNO4. The molecule has 0 spiro atoms. The van der Waals surface area contributed by atoms with Crippen molar-refractivity contribution in [1.82, 2.24) is 5.32 Å². The Labute approximate surface area is 128 Å². The highest BCUT2D eigenvalue weighted by Gasteiger charge is 2.28. The van der Waals surface area contributed by atoms with Crippen molar-refractivity contribution in [3.8, 4) is 5.75 Å². The summed E-state index contributed by atoms with van der Waals surface area (Å²) in [6.45, 7) is 3.12. The van der Waals surface area contributed by atoms with Crippen LogP contribution in [-0.2, 0) is 14.3 Å². The van der Waals surface area contributed by atoms with Gasteiger partial charge in [-0.15, -0.1) is 0 Å². The number of amides is 1. The van der Waals surface area contributed by atoms with Crippen LogP contribution in [0.15, 0.2) is 24.3 Å². The van der Waals surface area contributed by atoms with Crippen LogP contribution in [0.2, 0.25) is 5.02 Å². The summed E-state index contributed by atoms with van der Waals surface area (Å²) < 4.78 is 10.5. The van der Waals surface area contributed by atoms with E-state index in [2.05, 4.69) is 5.32 Å². The fourth-order valence-corrected chi connectivity index (χ4v) is 1.76. The molecule has 21 heavy (non-hydrogen) atoms. The van der Waals surface area contributed by atoms with Gasteiger partial charge in [-0.05, 0) is 51.0 Å². The molecule has 0 unspecified atom stereocenters. The van der Waals surface area contributed by atoms with Crippen molar-refractivity contribution < 1.29 is 19.1 Å². The Balaban J connectivity index is 1.80. The fourth-order valence-electron chi connectivity index (χ4n) is 1.64. The first-order chi connectivity index (χ1) is 9.95. The number of hydrogen-bond acceptors (Lipinski definition) is 4. The zero-order valence-corrected chi connectivity index (χ0v) is 12.7. The first kappa shape index (κ1) is 15.6. The summed E-state index contributed by atoms with van der Waals surface area (Å²) in [5.41, 5.74) is 0. The van der Waals surface area contributed by atoms with E-state index in [1.54, 1.807) is 38.1 Å². The zero-order valence-electron chi connectivity index (χ0n) is 12.0. The Morgan fingerprint density at radius 1 is 1.19 bits per heavy atom. The first-order valence-electron chi connectivity index (χ1n) is 6.89. The normalized spacial score (nSPS) is 16.7. The van der Waals surface area contributed by atoms with Gasteiger partial charge in [0.05, 0.1) is 0 Å². The summed E-state index contributed by atoms with van der Waals surface area (Å²) in [6.07, 6.45) is 0.349. The molecule has 1 aromatic rings. The number of nitrogens with one attached hydrogen (secondary N) is 1. The predicted octanol–water partition coefficient (Wildman–Crippen LogP) is 2.32. The summed E-state index contributed by atoms with van der Waals surface area (Å²) in [4.78, 5) is 23.6. The molecule has 2 atom stereocenters. The Kier molecular flexibility index (Phi) is 5.07. The molecule has 0 saturated heterocycles. The summed E-state index contributed by atoms with van der Waals surface area (Å²) in [5, 5.41) is 3.37. The Morgan fingerprint density at radius 2 is 1.81 bits per heavy atom. The SMILES string of the molecule is C[C@@H](OC(=O)[C@@H](C)Oc1ccc(Cl)cc1)C(=O)NC1CC1. The second-order valence-corrected chi connectivity index (χ2v) is 5.51. The van der Waals surface area contributed by atoms with Gasteiger partial charge < -0.3 is 14.8 Å². The van der Waals surface area contributed by atoms with E-state index in [9.17, 15) is 9.59 Å². The molecule has 1 aliphatic rings. The molecular weight excluding hydrogens is 294 g/mol. The van der Waals surface area contributed by atoms with Crippen molar-refractivity contribution in [2.75, 3.05) is 0 Å². The van der Waals surface area contributed by atoms with Crippen LogP contribution in [0.1, 0.15) is 26.7 Å². The van der Waals surface area contributed by atoms with Crippen LogP contribution in [0.25, 0.3) is 0 Å². The van der Waals surface area contributed by atoms with E-state index in [0.29, 0.717) is 10.8 Å². The van der Waals surface area contributed by atoms with E-state index >= 15 is 0 Å². The maximum Gasteiger partial charge on any atom is 0.347 e. The number of carbonyl (C=O) groups is 2. The lowest BCUT2D eigenvalue weighted by Crippen LogP contribution is -2.39. The van der Waals surface area contributed by atoms with Crippen molar-refractivity contribution in [3.05, 3.63) is 29.3 Å². The zero-order chi connectivity index (χ0) is 15.4. The summed E-state index contributed by atoms with van der Waals surface area (Å²) in [6, 6.07) is 6.90. The van der Waals surface area contributed by atoms with Gasteiger partial charge in [-0.1, -0.05) is 11.6 Å². The van der Waals surface area contributed by atoms with Gasteiger partial charge in [-0.3, -0.25) is 4.79 Å². The van der Waals surface area contributed by atoms with Gasteiger partial charge in [-0.2, -0.15) is 0 Å². The number of esters is 1. The van der Waals surface area contributed by atoms with Crippen LogP contribution < -0.4 is 10.1 Å². The Bertz CT molecular complexity index is 513. The van der Waals surface area contributed by atoms with Crippen LogP contribution in [0.4, 0.5) is 0 Å². The summed E-state index contributed by atoms with van der Waals surface area (Å²) in [5.74, 6) is -0.341. The smallest absolute Gasteiger partial charge is 0.347 e. The minimum Gasteiger partial charge on any atom is -0.479 e. The predicted molar refractivity (Wildman–Crippen MR) is 78.3 cm³/mol. The van der Waals surface area contributed by atoms with E-state index in [1.807, 2.05) is 0 Å². The molecule has 5 nitrogen and oxygen atoms in total. The van der Waals surface area contributed by atoms with Crippen molar-refractivity contribution in [2.24, 2.45) is 0 Å². The van der Waals surface area contributed by atoms with Gasteiger partial charge in [0.1, 0.15) is 5.75 Å². The number of benzene rings is 1. The van der Waals surface area contributed by atoms with Crippen LogP contribution in [0, 0.1) is 0 Å². The third-order valence-corrected chi connectivity index (χ3v) is 3.30. The van der Waals surface area contributed by atoms with Crippen molar-refractivity contribution in [1.29, 1.82) is 0 Å². The summed E-state index contributed by atoms with van der Waals surface area (Å²) in [7, 11) is 0. The molecule has 1 aromatic carbocycles. The van der Waals surface area contributed by atoms with Crippen molar-refractivity contribution in [2.45, 2.75) is 44.9 Å². The number of halogens is 1. The van der Waals surface area contributed by atoms with E-state index in [-0.39, 0.29) is 11.9 Å². The van der Waals surface area contributed by atoms with E-state index in [0.717, 1.165) is 12.8 Å². The molecule has 1 saturated carbocycles. The highest BCUT2D eigenvalue weighted by atomic mass is 35.5. The molecule has 1 amide bonds. The van der Waals surface area contributed by atoms with Crippen LogP contribution in [0.5, 0.6) is 5.75 Å². The average molecular weight is 312 g/mol. The molecule has 0 radical (unpaired) electrons. The Hall–Kier alpha value is -1.75. The molecule has 0 aliphatic heterocycles. The minimum atomic E-state index is -0.825. The lowest BCUT2D eigenvalue weighted by atomic mass is 10.3. The fraction of sp³-hybridized carbons (Fsp3) is 0.467. The lowest BCUT2D eigenvalue weighted by Gasteiger charge is -2.17. The second-order valence-electron chi connectivity index (χ2n) is 5.08. The molecule has 1 N–H and O–H groups in total. The molecule has 0 bridgehead atoms. The number of rotatable bonds is 6. The monoisotopic (exact) mass is 311 g/mol. The van der Waals surface area contributed by atoms with Gasteiger partial charge >= 0.3 is 5.97 Å². The molecule has 114 valence electrons. The van der Waals surface area contributed by atoms with Gasteiger partial charge in [0.25, 0.3) is 5.91 Å². The highest BCUT2D eigenvalue weighted by molar-refractivity contribution is 6.30. The summed E-state index contributed by atoms with van der Waals surface area (Å²) >= 11 is 5.77. The van der Waals surface area contributed by atoms with Crippen molar-refractivity contribution >= 4 is 23.5 Å². The molecule has 6 heteroatoms. The van der Waals surface area contributed by atoms with Gasteiger partial charge in [-0.25, -0.2) is 4.79 Å². The quantitative estimate of drug-likeness (QED) is 0.819. The molecule has 0 heterocycles. The van der Waals surface area contributed by atoms with Gasteiger partial charge in [0.15, 0.2) is 12.2 Å². The lowest BCUT2D eigenvalue weighted by molar-refractivity contribution is -0.160. The number of hydrogen-bond donors (Lipinski definition) is 1. The number of ether oxygens (including phenoxy) is 2. The highest BCUT2D eigenvalue weighted by Crippen LogP contribution is 2.19. The van der Waals surface area contributed by atoms with E-state index in [4.69, 9.17) is 21.1 Å².